The molecule has 2 aromatic rings. The molecule has 0 saturated heterocycles. The minimum Gasteiger partial charge on any atom is -0.207 e. The van der Waals surface area contributed by atoms with Crippen LogP contribution >= 0.6 is 23.1 Å². The summed E-state index contributed by atoms with van der Waals surface area (Å²) in [6, 6.07) is 8.09. The van der Waals surface area contributed by atoms with Crippen molar-refractivity contribution in [1.29, 1.82) is 0 Å². The molecule has 0 aliphatic carbocycles. The average Bonchev–Trinajstić information content (AvgIpc) is 2.52. The van der Waals surface area contributed by atoms with Gasteiger partial charge in [-0.2, -0.15) is 4.37 Å². The second-order valence-electron chi connectivity index (χ2n) is 2.52. The molecule has 0 N–H and O–H groups in total. The van der Waals surface area contributed by atoms with Crippen LogP contribution in [0.25, 0.3) is 10.4 Å². The number of hydrogen-bond donors (Lipinski definition) is 0. The Morgan fingerprint density at radius 2 is 2.15 bits per heavy atom. The van der Waals surface area contributed by atoms with Crippen LogP contribution in [-0.2, 0) is 0 Å². The third-order valence-corrected chi connectivity index (χ3v) is 2.72. The summed E-state index contributed by atoms with van der Waals surface area (Å²) in [6.45, 7) is 0. The number of nitrogens with zero attached hydrogens (tertiary/aromatic N) is 1. The molecule has 0 aliphatic rings. The molecule has 0 unspecified atom stereocenters. The van der Waals surface area contributed by atoms with Gasteiger partial charge in [-0.25, -0.2) is 4.39 Å². The van der Waals surface area contributed by atoms with E-state index in [0.717, 1.165) is 10.4 Å². The highest BCUT2D eigenvalue weighted by Crippen LogP contribution is 2.26. The van der Waals surface area contributed by atoms with Gasteiger partial charge in [0.05, 0.1) is 4.88 Å². The predicted octanol–water partition coefficient (Wildman–Crippen LogP) is 3.60. The van der Waals surface area contributed by atoms with Crippen LogP contribution in [0.15, 0.2) is 30.3 Å². The smallest absolute Gasteiger partial charge is 0.143 e. The number of benzene rings is 1. The molecular formula is C9H5ClFNS. The van der Waals surface area contributed by atoms with Gasteiger partial charge in [0, 0.05) is 0 Å². The van der Waals surface area contributed by atoms with Crippen molar-refractivity contribution in [2.45, 2.75) is 0 Å². The first-order valence-corrected chi connectivity index (χ1v) is 4.79. The fourth-order valence-corrected chi connectivity index (χ4v) is 1.94. The minimum absolute atomic E-state index is 0.248. The van der Waals surface area contributed by atoms with E-state index in [1.54, 1.807) is 12.1 Å². The van der Waals surface area contributed by atoms with Gasteiger partial charge in [-0.05, 0) is 35.3 Å². The molecule has 1 aromatic heterocycles. The van der Waals surface area contributed by atoms with Crippen LogP contribution in [0.1, 0.15) is 0 Å². The van der Waals surface area contributed by atoms with Gasteiger partial charge >= 0.3 is 0 Å². The van der Waals surface area contributed by atoms with Crippen molar-refractivity contribution in [2.75, 3.05) is 0 Å². The zero-order valence-corrected chi connectivity index (χ0v) is 8.07. The Balaban J connectivity index is 2.46. The Hall–Kier alpha value is -0.930. The Labute approximate surface area is 84.0 Å². The van der Waals surface area contributed by atoms with E-state index in [1.165, 1.54) is 23.7 Å². The van der Waals surface area contributed by atoms with E-state index in [0.29, 0.717) is 5.15 Å². The van der Waals surface area contributed by atoms with Gasteiger partial charge in [0.2, 0.25) is 0 Å². The molecule has 0 saturated carbocycles. The normalized spacial score (nSPS) is 10.3. The molecule has 4 heteroatoms. The molecule has 1 aromatic carbocycles. The zero-order valence-electron chi connectivity index (χ0n) is 6.50. The molecular weight excluding hydrogens is 209 g/mol. The number of hydrogen-bond acceptors (Lipinski definition) is 2. The van der Waals surface area contributed by atoms with Crippen molar-refractivity contribution in [3.8, 4) is 10.4 Å². The van der Waals surface area contributed by atoms with Crippen molar-refractivity contribution in [3.63, 3.8) is 0 Å². The maximum atomic E-state index is 12.8. The topological polar surface area (TPSA) is 12.9 Å². The van der Waals surface area contributed by atoms with Gasteiger partial charge in [0.15, 0.2) is 0 Å². The highest BCUT2D eigenvalue weighted by atomic mass is 35.5. The van der Waals surface area contributed by atoms with E-state index in [2.05, 4.69) is 4.37 Å². The summed E-state index contributed by atoms with van der Waals surface area (Å²) in [4.78, 5) is 0.879. The van der Waals surface area contributed by atoms with E-state index >= 15 is 0 Å². The summed E-state index contributed by atoms with van der Waals surface area (Å²) in [7, 11) is 0. The lowest BCUT2D eigenvalue weighted by Crippen LogP contribution is -1.74. The third-order valence-electron chi connectivity index (χ3n) is 1.59. The van der Waals surface area contributed by atoms with Crippen molar-refractivity contribution in [1.82, 2.24) is 4.37 Å². The molecule has 0 aliphatic heterocycles. The minimum atomic E-state index is -0.248. The largest absolute Gasteiger partial charge is 0.207 e. The fourth-order valence-electron chi connectivity index (χ4n) is 1.03. The molecule has 0 atom stereocenters. The van der Waals surface area contributed by atoms with Gasteiger partial charge in [-0.15, -0.1) is 0 Å². The molecule has 0 radical (unpaired) electrons. The summed E-state index contributed by atoms with van der Waals surface area (Å²) in [5, 5.41) is 0.448. The summed E-state index contributed by atoms with van der Waals surface area (Å²) in [5.74, 6) is -0.248. The SMILES string of the molecule is Fc1cccc(-c2cc(Cl)ns2)c1. The van der Waals surface area contributed by atoms with Crippen molar-refractivity contribution < 1.29 is 4.39 Å². The Bertz CT molecular complexity index is 427. The Morgan fingerprint density at radius 3 is 2.77 bits per heavy atom. The van der Waals surface area contributed by atoms with Crippen molar-refractivity contribution >= 4 is 23.1 Å². The van der Waals surface area contributed by atoms with E-state index in [9.17, 15) is 4.39 Å². The van der Waals surface area contributed by atoms with Crippen LogP contribution in [0.2, 0.25) is 5.15 Å². The van der Waals surface area contributed by atoms with Gasteiger partial charge in [-0.3, -0.25) is 0 Å². The summed E-state index contributed by atoms with van der Waals surface area (Å²) in [6.07, 6.45) is 0. The monoisotopic (exact) mass is 213 g/mol. The Morgan fingerprint density at radius 1 is 1.31 bits per heavy atom. The lowest BCUT2D eigenvalue weighted by molar-refractivity contribution is 0.628. The molecule has 0 spiro atoms. The summed E-state index contributed by atoms with van der Waals surface area (Å²) < 4.78 is 16.7. The van der Waals surface area contributed by atoms with E-state index in [-0.39, 0.29) is 5.82 Å². The highest BCUT2D eigenvalue weighted by molar-refractivity contribution is 7.09. The predicted molar refractivity (Wildman–Crippen MR) is 52.5 cm³/mol. The first-order valence-electron chi connectivity index (χ1n) is 3.64. The van der Waals surface area contributed by atoms with Gasteiger partial charge in [0.25, 0.3) is 0 Å². The van der Waals surface area contributed by atoms with Crippen LogP contribution in [0.4, 0.5) is 4.39 Å². The molecule has 13 heavy (non-hydrogen) atoms. The quantitative estimate of drug-likeness (QED) is 0.705. The van der Waals surface area contributed by atoms with Crippen LogP contribution in [0.5, 0.6) is 0 Å². The molecule has 0 bridgehead atoms. The van der Waals surface area contributed by atoms with E-state index in [4.69, 9.17) is 11.6 Å². The highest BCUT2D eigenvalue weighted by Gasteiger charge is 2.02. The molecule has 0 amide bonds. The van der Waals surface area contributed by atoms with E-state index in [1.807, 2.05) is 6.07 Å². The van der Waals surface area contributed by atoms with Gasteiger partial charge < -0.3 is 0 Å². The second kappa shape index (κ2) is 3.44. The number of aromatic nitrogens is 1. The van der Waals surface area contributed by atoms with Crippen molar-refractivity contribution in [3.05, 3.63) is 41.3 Å². The molecule has 1 heterocycles. The van der Waals surface area contributed by atoms with Crippen LogP contribution < -0.4 is 0 Å². The van der Waals surface area contributed by atoms with Gasteiger partial charge in [0.1, 0.15) is 11.0 Å². The Kier molecular flexibility index (Phi) is 2.29. The number of rotatable bonds is 1. The van der Waals surface area contributed by atoms with Gasteiger partial charge in [-0.1, -0.05) is 23.7 Å². The summed E-state index contributed by atoms with van der Waals surface area (Å²) >= 11 is 6.92. The lowest BCUT2D eigenvalue weighted by atomic mass is 10.2. The maximum Gasteiger partial charge on any atom is 0.143 e. The molecule has 66 valence electrons. The molecule has 1 nitrogen and oxygen atoms in total. The van der Waals surface area contributed by atoms with Crippen LogP contribution in [0.3, 0.4) is 0 Å². The van der Waals surface area contributed by atoms with Crippen LogP contribution in [-0.4, -0.2) is 4.37 Å². The maximum absolute atomic E-state index is 12.8. The molecule has 2 rings (SSSR count). The first kappa shape index (κ1) is 8.66. The lowest BCUT2D eigenvalue weighted by Gasteiger charge is -1.94. The second-order valence-corrected chi connectivity index (χ2v) is 3.72. The van der Waals surface area contributed by atoms with E-state index < -0.39 is 0 Å². The van der Waals surface area contributed by atoms with Crippen LogP contribution in [0, 0.1) is 5.82 Å². The third kappa shape index (κ3) is 1.87. The number of halogens is 2. The first-order chi connectivity index (χ1) is 6.25. The molecule has 0 fully saturated rings. The zero-order chi connectivity index (χ0) is 9.26. The summed E-state index contributed by atoms with van der Waals surface area (Å²) in [5.41, 5.74) is 0.810. The fraction of sp³-hybridized carbons (Fsp3) is 0. The average molecular weight is 214 g/mol. The van der Waals surface area contributed by atoms with Crippen molar-refractivity contribution in [2.24, 2.45) is 0 Å². The standard InChI is InChI=1S/C9H5ClFNS/c10-9-5-8(13-12-9)6-2-1-3-7(11)4-6/h1-5H.